The number of anilines is 1. The van der Waals surface area contributed by atoms with Crippen LogP contribution in [-0.2, 0) is 0 Å². The zero-order chi connectivity index (χ0) is 6.69. The van der Waals surface area contributed by atoms with Gasteiger partial charge in [0.05, 0.1) is 25.2 Å². The van der Waals surface area contributed by atoms with Crippen LogP contribution in [0, 0.1) is 0 Å². The number of nitrogens with zero attached hydrogens (tertiary/aromatic N) is 2. The molecular weight excluding hydrogens is 118 g/mol. The Hall–Kier alpha value is -1.32. The standard InChI is InChI=1S/C5H7N3O/c1-9-5-3-8-7-2-4(5)6/h2-3H,1H3,(H2,6,8). The highest BCUT2D eigenvalue weighted by Gasteiger charge is 1.94. The van der Waals surface area contributed by atoms with Gasteiger partial charge in [-0.05, 0) is 0 Å². The number of hydrogen-bond acceptors (Lipinski definition) is 4. The third kappa shape index (κ3) is 1.07. The van der Waals surface area contributed by atoms with E-state index in [0.717, 1.165) is 0 Å². The van der Waals surface area contributed by atoms with Gasteiger partial charge in [-0.25, -0.2) is 0 Å². The van der Waals surface area contributed by atoms with E-state index < -0.39 is 0 Å². The zero-order valence-electron chi connectivity index (χ0n) is 5.03. The van der Waals surface area contributed by atoms with Gasteiger partial charge in [0.25, 0.3) is 0 Å². The van der Waals surface area contributed by atoms with Crippen LogP contribution in [0.25, 0.3) is 0 Å². The van der Waals surface area contributed by atoms with Gasteiger partial charge in [0.15, 0.2) is 5.75 Å². The van der Waals surface area contributed by atoms with Gasteiger partial charge in [-0.1, -0.05) is 0 Å². The Kier molecular flexibility index (Phi) is 1.48. The van der Waals surface area contributed by atoms with Gasteiger partial charge in [-0.2, -0.15) is 10.2 Å². The van der Waals surface area contributed by atoms with Crippen molar-refractivity contribution in [3.05, 3.63) is 12.4 Å². The third-order valence-electron chi connectivity index (χ3n) is 0.943. The third-order valence-corrected chi connectivity index (χ3v) is 0.943. The molecular formula is C5H7N3O. The second-order valence-electron chi connectivity index (χ2n) is 1.51. The first-order chi connectivity index (χ1) is 4.34. The van der Waals surface area contributed by atoms with E-state index in [1.165, 1.54) is 19.5 Å². The fraction of sp³-hybridized carbons (Fsp3) is 0.200. The van der Waals surface area contributed by atoms with Gasteiger partial charge < -0.3 is 10.5 Å². The summed E-state index contributed by atoms with van der Waals surface area (Å²) in [7, 11) is 1.54. The fourth-order valence-electron chi connectivity index (χ4n) is 0.490. The molecule has 4 nitrogen and oxygen atoms in total. The molecule has 0 aliphatic carbocycles. The predicted molar refractivity (Wildman–Crippen MR) is 33.0 cm³/mol. The van der Waals surface area contributed by atoms with E-state index in [0.29, 0.717) is 11.4 Å². The summed E-state index contributed by atoms with van der Waals surface area (Å²) in [5.74, 6) is 0.560. The quantitative estimate of drug-likeness (QED) is 0.576. The number of nitrogen functional groups attached to an aromatic ring is 1. The lowest BCUT2D eigenvalue weighted by Gasteiger charge is -1.98. The number of aromatic nitrogens is 2. The summed E-state index contributed by atoms with van der Waals surface area (Å²) in [6.45, 7) is 0. The molecule has 0 amide bonds. The molecule has 1 aromatic rings. The van der Waals surface area contributed by atoms with Crippen molar-refractivity contribution >= 4 is 5.69 Å². The first-order valence-electron chi connectivity index (χ1n) is 2.44. The Bertz CT molecular complexity index is 201. The van der Waals surface area contributed by atoms with Crippen molar-refractivity contribution in [2.45, 2.75) is 0 Å². The predicted octanol–water partition coefficient (Wildman–Crippen LogP) is 0.0674. The molecule has 0 saturated heterocycles. The summed E-state index contributed by atoms with van der Waals surface area (Å²) in [5.41, 5.74) is 5.91. The van der Waals surface area contributed by atoms with E-state index in [2.05, 4.69) is 10.2 Å². The molecule has 0 fully saturated rings. The molecule has 1 rings (SSSR count). The van der Waals surface area contributed by atoms with E-state index in [1.807, 2.05) is 0 Å². The molecule has 0 radical (unpaired) electrons. The van der Waals surface area contributed by atoms with Gasteiger partial charge >= 0.3 is 0 Å². The minimum absolute atomic E-state index is 0.507. The molecule has 0 bridgehead atoms. The van der Waals surface area contributed by atoms with Crippen LogP contribution in [0.1, 0.15) is 0 Å². The van der Waals surface area contributed by atoms with Crippen LogP contribution in [0.2, 0.25) is 0 Å². The van der Waals surface area contributed by atoms with Crippen LogP contribution in [-0.4, -0.2) is 17.3 Å². The van der Waals surface area contributed by atoms with Gasteiger partial charge in [0, 0.05) is 0 Å². The average molecular weight is 125 g/mol. The lowest BCUT2D eigenvalue weighted by Crippen LogP contribution is -1.93. The Balaban J connectivity index is 3.01. The van der Waals surface area contributed by atoms with E-state index in [-0.39, 0.29) is 0 Å². The molecule has 4 heteroatoms. The molecule has 9 heavy (non-hydrogen) atoms. The largest absolute Gasteiger partial charge is 0.493 e. The first-order valence-corrected chi connectivity index (χ1v) is 2.44. The van der Waals surface area contributed by atoms with Gasteiger partial charge in [-0.3, -0.25) is 0 Å². The lowest BCUT2D eigenvalue weighted by molar-refractivity contribution is 0.414. The number of nitrogens with two attached hydrogens (primary N) is 1. The van der Waals surface area contributed by atoms with Crippen LogP contribution in [0.4, 0.5) is 5.69 Å². The van der Waals surface area contributed by atoms with E-state index >= 15 is 0 Å². The Labute approximate surface area is 52.7 Å². The maximum Gasteiger partial charge on any atom is 0.163 e. The molecule has 0 unspecified atom stereocenters. The van der Waals surface area contributed by atoms with Crippen molar-refractivity contribution in [1.29, 1.82) is 0 Å². The second kappa shape index (κ2) is 2.30. The van der Waals surface area contributed by atoms with Gasteiger partial charge in [-0.15, -0.1) is 0 Å². The Morgan fingerprint density at radius 2 is 2.11 bits per heavy atom. The number of ether oxygens (including phenoxy) is 1. The second-order valence-corrected chi connectivity index (χ2v) is 1.51. The Morgan fingerprint density at radius 1 is 1.44 bits per heavy atom. The van der Waals surface area contributed by atoms with Gasteiger partial charge in [0.2, 0.25) is 0 Å². The number of methoxy groups -OCH3 is 1. The van der Waals surface area contributed by atoms with Crippen LogP contribution in [0.15, 0.2) is 12.4 Å². The molecule has 1 heterocycles. The van der Waals surface area contributed by atoms with Crippen LogP contribution in [0.5, 0.6) is 5.75 Å². The monoisotopic (exact) mass is 125 g/mol. The summed E-state index contributed by atoms with van der Waals surface area (Å²) >= 11 is 0. The topological polar surface area (TPSA) is 61.0 Å². The molecule has 1 aromatic heterocycles. The van der Waals surface area contributed by atoms with E-state index in [9.17, 15) is 0 Å². The summed E-state index contributed by atoms with van der Waals surface area (Å²) < 4.78 is 4.82. The normalized spacial score (nSPS) is 9.00. The maximum atomic E-state index is 5.40. The van der Waals surface area contributed by atoms with Crippen LogP contribution < -0.4 is 10.5 Å². The SMILES string of the molecule is COc1cnncc1N. The fourth-order valence-corrected chi connectivity index (χ4v) is 0.490. The number of rotatable bonds is 1. The van der Waals surface area contributed by atoms with Crippen LogP contribution in [0.3, 0.4) is 0 Å². The molecule has 0 aliphatic heterocycles. The summed E-state index contributed by atoms with van der Waals surface area (Å²) in [5, 5.41) is 7.10. The maximum absolute atomic E-state index is 5.40. The molecule has 48 valence electrons. The first kappa shape index (κ1) is 5.81. The highest BCUT2D eigenvalue weighted by Crippen LogP contribution is 2.15. The molecule has 0 atom stereocenters. The lowest BCUT2D eigenvalue weighted by atomic mass is 10.4. The van der Waals surface area contributed by atoms with Crippen molar-refractivity contribution in [3.63, 3.8) is 0 Å². The van der Waals surface area contributed by atoms with Crippen molar-refractivity contribution in [1.82, 2.24) is 10.2 Å². The molecule has 0 aliphatic rings. The summed E-state index contributed by atoms with van der Waals surface area (Å²) in [4.78, 5) is 0. The molecule has 0 saturated carbocycles. The summed E-state index contributed by atoms with van der Waals surface area (Å²) in [6.07, 6.45) is 2.91. The van der Waals surface area contributed by atoms with Crippen molar-refractivity contribution in [2.75, 3.05) is 12.8 Å². The van der Waals surface area contributed by atoms with Crippen molar-refractivity contribution in [2.24, 2.45) is 0 Å². The number of hydrogen-bond donors (Lipinski definition) is 1. The highest BCUT2D eigenvalue weighted by atomic mass is 16.5. The minimum atomic E-state index is 0.507. The molecule has 0 aromatic carbocycles. The Morgan fingerprint density at radius 3 is 2.56 bits per heavy atom. The van der Waals surface area contributed by atoms with E-state index in [1.54, 1.807) is 0 Å². The van der Waals surface area contributed by atoms with Crippen LogP contribution >= 0.6 is 0 Å². The smallest absolute Gasteiger partial charge is 0.163 e. The molecule has 0 spiro atoms. The minimum Gasteiger partial charge on any atom is -0.493 e. The van der Waals surface area contributed by atoms with Crippen molar-refractivity contribution in [3.8, 4) is 5.75 Å². The molecule has 2 N–H and O–H groups in total. The zero-order valence-corrected chi connectivity index (χ0v) is 5.03. The van der Waals surface area contributed by atoms with Gasteiger partial charge in [0.1, 0.15) is 0 Å². The summed E-state index contributed by atoms with van der Waals surface area (Å²) in [6, 6.07) is 0. The average Bonchev–Trinajstić information content (AvgIpc) is 1.89. The van der Waals surface area contributed by atoms with E-state index in [4.69, 9.17) is 10.5 Å². The highest BCUT2D eigenvalue weighted by molar-refractivity contribution is 5.47. The van der Waals surface area contributed by atoms with Crippen molar-refractivity contribution < 1.29 is 4.74 Å².